The molecular weight excluding hydrogens is 243 g/mol. The summed E-state index contributed by atoms with van der Waals surface area (Å²) in [4.78, 5) is 12.1. The van der Waals surface area contributed by atoms with Gasteiger partial charge in [-0.2, -0.15) is 0 Å². The number of carbonyl (C=O) groups excluding carboxylic acids is 1. The van der Waals surface area contributed by atoms with Crippen molar-refractivity contribution in [1.29, 1.82) is 0 Å². The Kier molecular flexibility index (Phi) is 3.27. The van der Waals surface area contributed by atoms with Gasteiger partial charge in [-0.25, -0.2) is 4.39 Å². The first kappa shape index (κ1) is 12.6. The van der Waals surface area contributed by atoms with Crippen LogP contribution in [-0.2, 0) is 11.3 Å². The van der Waals surface area contributed by atoms with E-state index in [0.717, 1.165) is 37.9 Å². The molecule has 0 bridgehead atoms. The van der Waals surface area contributed by atoms with Gasteiger partial charge in [-0.1, -0.05) is 12.1 Å². The van der Waals surface area contributed by atoms with Crippen LogP contribution in [0.4, 0.5) is 4.39 Å². The summed E-state index contributed by atoms with van der Waals surface area (Å²) in [5, 5.41) is 6.26. The first-order chi connectivity index (χ1) is 9.20. The predicted molar refractivity (Wildman–Crippen MR) is 70.9 cm³/mol. The number of rotatable bonds is 3. The van der Waals surface area contributed by atoms with Crippen molar-refractivity contribution in [2.75, 3.05) is 13.1 Å². The fourth-order valence-corrected chi connectivity index (χ4v) is 3.15. The summed E-state index contributed by atoms with van der Waals surface area (Å²) in [6, 6.07) is 6.38. The Morgan fingerprint density at radius 3 is 2.95 bits per heavy atom. The van der Waals surface area contributed by atoms with Gasteiger partial charge in [0.25, 0.3) is 0 Å². The van der Waals surface area contributed by atoms with E-state index in [9.17, 15) is 9.18 Å². The van der Waals surface area contributed by atoms with Crippen LogP contribution in [0.15, 0.2) is 24.3 Å². The minimum atomic E-state index is -0.256. The van der Waals surface area contributed by atoms with Crippen LogP contribution < -0.4 is 10.6 Å². The van der Waals surface area contributed by atoms with E-state index in [2.05, 4.69) is 10.6 Å². The Balaban J connectivity index is 1.53. The Morgan fingerprint density at radius 2 is 2.21 bits per heavy atom. The molecule has 0 aromatic heterocycles. The molecule has 2 fully saturated rings. The van der Waals surface area contributed by atoms with Crippen molar-refractivity contribution in [1.82, 2.24) is 10.6 Å². The maximum atomic E-state index is 13.0. The Bertz CT molecular complexity index is 483. The molecule has 1 aliphatic heterocycles. The van der Waals surface area contributed by atoms with Gasteiger partial charge in [0.2, 0.25) is 5.91 Å². The van der Waals surface area contributed by atoms with Crippen molar-refractivity contribution in [2.45, 2.75) is 25.8 Å². The van der Waals surface area contributed by atoms with Crippen molar-refractivity contribution in [3.8, 4) is 0 Å². The minimum absolute atomic E-state index is 0.131. The summed E-state index contributed by atoms with van der Waals surface area (Å²) in [5.74, 6) is 0.0438. The number of nitrogens with one attached hydrogen (secondary N) is 2. The number of hydrogen-bond donors (Lipinski definition) is 2. The lowest BCUT2D eigenvalue weighted by Crippen LogP contribution is -2.33. The molecule has 0 radical (unpaired) electrons. The second-order valence-corrected chi connectivity index (χ2v) is 5.72. The molecule has 102 valence electrons. The van der Waals surface area contributed by atoms with Crippen molar-refractivity contribution in [3.63, 3.8) is 0 Å². The van der Waals surface area contributed by atoms with Gasteiger partial charge in [-0.3, -0.25) is 4.79 Å². The lowest BCUT2D eigenvalue weighted by atomic mass is 9.92. The summed E-state index contributed by atoms with van der Waals surface area (Å²) in [6.07, 6.45) is 3.22. The molecule has 1 aromatic rings. The fourth-order valence-electron chi connectivity index (χ4n) is 3.15. The number of amides is 1. The molecule has 1 aliphatic carbocycles. The summed E-state index contributed by atoms with van der Waals surface area (Å²) < 4.78 is 13.0. The third-order valence-electron chi connectivity index (χ3n) is 4.46. The summed E-state index contributed by atoms with van der Waals surface area (Å²) in [7, 11) is 0. The molecule has 1 saturated heterocycles. The van der Waals surface area contributed by atoms with Crippen LogP contribution >= 0.6 is 0 Å². The zero-order valence-electron chi connectivity index (χ0n) is 10.9. The highest BCUT2D eigenvalue weighted by Gasteiger charge is 2.57. The molecular formula is C15H19FN2O. The van der Waals surface area contributed by atoms with Crippen LogP contribution in [0.1, 0.15) is 24.8 Å². The van der Waals surface area contributed by atoms with Gasteiger partial charge in [-0.15, -0.1) is 0 Å². The van der Waals surface area contributed by atoms with Crippen molar-refractivity contribution in [3.05, 3.63) is 35.6 Å². The average molecular weight is 262 g/mol. The second-order valence-electron chi connectivity index (χ2n) is 5.72. The third-order valence-corrected chi connectivity index (χ3v) is 4.46. The second kappa shape index (κ2) is 4.93. The molecule has 1 heterocycles. The van der Waals surface area contributed by atoms with Crippen molar-refractivity contribution >= 4 is 5.91 Å². The molecule has 1 aromatic carbocycles. The van der Waals surface area contributed by atoms with Crippen LogP contribution in [-0.4, -0.2) is 19.0 Å². The van der Waals surface area contributed by atoms with Gasteiger partial charge in [0, 0.05) is 12.5 Å². The summed E-state index contributed by atoms with van der Waals surface area (Å²) in [6.45, 7) is 2.46. The van der Waals surface area contributed by atoms with Crippen LogP contribution in [0.2, 0.25) is 0 Å². The lowest BCUT2D eigenvalue weighted by Gasteiger charge is -2.23. The number of benzene rings is 1. The number of piperidine rings is 1. The third kappa shape index (κ3) is 2.63. The number of halogens is 1. The zero-order chi connectivity index (χ0) is 13.3. The largest absolute Gasteiger partial charge is 0.352 e. The topological polar surface area (TPSA) is 41.1 Å². The smallest absolute Gasteiger partial charge is 0.223 e. The Labute approximate surface area is 112 Å². The molecule has 1 atom stereocenters. The van der Waals surface area contributed by atoms with Gasteiger partial charge < -0.3 is 10.6 Å². The van der Waals surface area contributed by atoms with Crippen LogP contribution in [0.3, 0.4) is 0 Å². The monoisotopic (exact) mass is 262 g/mol. The van der Waals surface area contributed by atoms with Crippen molar-refractivity contribution < 1.29 is 9.18 Å². The minimum Gasteiger partial charge on any atom is -0.352 e. The highest BCUT2D eigenvalue weighted by Crippen LogP contribution is 2.58. The van der Waals surface area contributed by atoms with Gasteiger partial charge in [-0.05, 0) is 55.5 Å². The average Bonchev–Trinajstić information content (AvgIpc) is 3.10. The van der Waals surface area contributed by atoms with E-state index in [1.807, 2.05) is 6.07 Å². The van der Waals surface area contributed by atoms with Gasteiger partial charge in [0.05, 0.1) is 0 Å². The van der Waals surface area contributed by atoms with E-state index in [4.69, 9.17) is 0 Å². The Morgan fingerprint density at radius 1 is 1.42 bits per heavy atom. The molecule has 1 amide bonds. The van der Waals surface area contributed by atoms with Crippen LogP contribution in [0.5, 0.6) is 0 Å². The normalized spacial score (nSPS) is 24.2. The van der Waals surface area contributed by atoms with E-state index in [0.29, 0.717) is 6.54 Å². The quantitative estimate of drug-likeness (QED) is 0.872. The maximum Gasteiger partial charge on any atom is 0.223 e. The summed E-state index contributed by atoms with van der Waals surface area (Å²) in [5.41, 5.74) is 1.07. The fraction of sp³-hybridized carbons (Fsp3) is 0.533. The first-order valence-corrected chi connectivity index (χ1v) is 6.92. The first-order valence-electron chi connectivity index (χ1n) is 6.92. The van der Waals surface area contributed by atoms with E-state index in [-0.39, 0.29) is 23.1 Å². The molecule has 1 unspecified atom stereocenters. The molecule has 2 N–H and O–H groups in total. The highest BCUT2D eigenvalue weighted by molar-refractivity contribution is 5.82. The van der Waals surface area contributed by atoms with E-state index in [1.54, 1.807) is 6.07 Å². The Hall–Kier alpha value is -1.42. The van der Waals surface area contributed by atoms with E-state index < -0.39 is 0 Å². The van der Waals surface area contributed by atoms with Crippen molar-refractivity contribution in [2.24, 2.45) is 11.3 Å². The molecule has 2 aliphatic rings. The molecule has 4 heteroatoms. The zero-order valence-corrected chi connectivity index (χ0v) is 10.9. The lowest BCUT2D eigenvalue weighted by molar-refractivity contribution is -0.123. The van der Waals surface area contributed by atoms with Crippen LogP contribution in [0.25, 0.3) is 0 Å². The predicted octanol–water partition coefficient (Wildman–Crippen LogP) is 1.83. The summed E-state index contributed by atoms with van der Waals surface area (Å²) >= 11 is 0. The molecule has 1 saturated carbocycles. The SMILES string of the molecule is O=C(NCc1cccc(F)c1)C1CC12CCNCC2. The van der Waals surface area contributed by atoms with Gasteiger partial charge in [0.15, 0.2) is 0 Å². The highest BCUT2D eigenvalue weighted by atomic mass is 19.1. The number of carbonyl (C=O) groups is 1. The molecule has 3 nitrogen and oxygen atoms in total. The van der Waals surface area contributed by atoms with Gasteiger partial charge >= 0.3 is 0 Å². The maximum absolute atomic E-state index is 13.0. The van der Waals surface area contributed by atoms with E-state index in [1.165, 1.54) is 12.1 Å². The van der Waals surface area contributed by atoms with Gasteiger partial charge in [0.1, 0.15) is 5.82 Å². The van der Waals surface area contributed by atoms with E-state index >= 15 is 0 Å². The van der Waals surface area contributed by atoms with Crippen LogP contribution in [0, 0.1) is 17.2 Å². The number of hydrogen-bond acceptors (Lipinski definition) is 2. The molecule has 19 heavy (non-hydrogen) atoms. The molecule has 1 spiro atoms. The molecule has 3 rings (SSSR count). The standard InChI is InChI=1S/C15H19FN2O/c16-12-3-1-2-11(8-12)10-18-14(19)13-9-15(13)4-6-17-7-5-15/h1-3,8,13,17H,4-7,9-10H2,(H,18,19).